The second-order valence-electron chi connectivity index (χ2n) is 11.4. The highest BCUT2D eigenvalue weighted by Crippen LogP contribution is 2.42. The lowest BCUT2D eigenvalue weighted by Crippen LogP contribution is -2.44. The highest BCUT2D eigenvalue weighted by Gasteiger charge is 2.40. The zero-order valence-corrected chi connectivity index (χ0v) is 22.9. The minimum atomic E-state index is 0.472. The Morgan fingerprint density at radius 3 is 1.77 bits per heavy atom. The van der Waals surface area contributed by atoms with E-state index in [1.165, 1.54) is 115 Å². The molecule has 1 saturated heterocycles. The van der Waals surface area contributed by atoms with Crippen molar-refractivity contribution in [3.63, 3.8) is 0 Å². The second kappa shape index (κ2) is 18.4. The first-order valence-corrected chi connectivity index (χ1v) is 15.3. The fourth-order valence-electron chi connectivity index (χ4n) is 5.71. The van der Waals surface area contributed by atoms with Crippen LogP contribution in [0.4, 0.5) is 0 Å². The Balaban J connectivity index is 0.961. The van der Waals surface area contributed by atoms with E-state index in [9.17, 15) is 0 Å². The molecule has 1 aliphatic carbocycles. The van der Waals surface area contributed by atoms with Gasteiger partial charge in [0.05, 0.1) is 12.7 Å². The number of nitrogens with one attached hydrogen (secondary N) is 1. The van der Waals surface area contributed by atoms with Gasteiger partial charge in [-0.3, -0.25) is 0 Å². The van der Waals surface area contributed by atoms with Gasteiger partial charge in [0.2, 0.25) is 0 Å². The maximum atomic E-state index is 6.13. The van der Waals surface area contributed by atoms with Gasteiger partial charge >= 0.3 is 0 Å². The van der Waals surface area contributed by atoms with E-state index in [0.29, 0.717) is 6.10 Å². The van der Waals surface area contributed by atoms with Crippen LogP contribution < -0.4 is 5.32 Å². The van der Waals surface area contributed by atoms with Crippen molar-refractivity contribution < 1.29 is 9.47 Å². The van der Waals surface area contributed by atoms with Crippen LogP contribution in [-0.4, -0.2) is 31.9 Å². The van der Waals surface area contributed by atoms with Crippen LogP contribution in [0.15, 0.2) is 30.3 Å². The monoisotopic (exact) mass is 485 g/mol. The maximum Gasteiger partial charge on any atom is 0.0716 e. The lowest BCUT2D eigenvalue weighted by atomic mass is 9.98. The van der Waals surface area contributed by atoms with Crippen molar-refractivity contribution in [3.8, 4) is 0 Å². The van der Waals surface area contributed by atoms with Crippen molar-refractivity contribution >= 4 is 0 Å². The van der Waals surface area contributed by atoms with Gasteiger partial charge in [-0.1, -0.05) is 114 Å². The minimum Gasteiger partial charge on any atom is -0.377 e. The normalized spacial score (nSPS) is 24.0. The number of piperidine rings is 1. The van der Waals surface area contributed by atoms with Gasteiger partial charge in [0.1, 0.15) is 0 Å². The van der Waals surface area contributed by atoms with Crippen molar-refractivity contribution in [3.05, 3.63) is 35.9 Å². The van der Waals surface area contributed by atoms with Crippen molar-refractivity contribution in [1.82, 2.24) is 5.32 Å². The third-order valence-corrected chi connectivity index (χ3v) is 8.24. The lowest BCUT2D eigenvalue weighted by Gasteiger charge is -2.30. The molecule has 3 nitrogen and oxygen atoms in total. The van der Waals surface area contributed by atoms with Crippen LogP contribution >= 0.6 is 0 Å². The summed E-state index contributed by atoms with van der Waals surface area (Å²) in [7, 11) is 0. The first-order chi connectivity index (χ1) is 17.3. The Kier molecular flexibility index (Phi) is 15.0. The summed E-state index contributed by atoms with van der Waals surface area (Å²) in [5.74, 6) is 1.92. The molecule has 2 fully saturated rings. The molecule has 4 atom stereocenters. The smallest absolute Gasteiger partial charge is 0.0716 e. The largest absolute Gasteiger partial charge is 0.377 e. The summed E-state index contributed by atoms with van der Waals surface area (Å²) in [5, 5.41) is 3.75. The van der Waals surface area contributed by atoms with Gasteiger partial charge in [-0.15, -0.1) is 0 Å². The summed E-state index contributed by atoms with van der Waals surface area (Å²) < 4.78 is 11.9. The zero-order valence-electron chi connectivity index (χ0n) is 22.9. The van der Waals surface area contributed by atoms with Crippen LogP contribution in [0.3, 0.4) is 0 Å². The van der Waals surface area contributed by atoms with Crippen molar-refractivity contribution in [1.29, 1.82) is 0 Å². The number of benzene rings is 1. The zero-order chi connectivity index (χ0) is 24.4. The number of ether oxygens (including phenoxy) is 2. The van der Waals surface area contributed by atoms with Crippen LogP contribution in [0.1, 0.15) is 122 Å². The molecule has 1 saturated carbocycles. The molecule has 3 heteroatoms. The summed E-state index contributed by atoms with van der Waals surface area (Å²) in [6, 6.07) is 11.3. The fourth-order valence-corrected chi connectivity index (χ4v) is 5.71. The molecule has 3 unspecified atom stereocenters. The van der Waals surface area contributed by atoms with E-state index in [4.69, 9.17) is 9.47 Å². The number of hydrogen-bond acceptors (Lipinski definition) is 3. The predicted octanol–water partition coefficient (Wildman–Crippen LogP) is 8.46. The van der Waals surface area contributed by atoms with Gasteiger partial charge in [0.25, 0.3) is 0 Å². The molecule has 1 heterocycles. The molecule has 1 aromatic rings. The quantitative estimate of drug-likeness (QED) is 0.177. The van der Waals surface area contributed by atoms with Crippen molar-refractivity contribution in [2.24, 2.45) is 11.8 Å². The predicted molar refractivity (Wildman–Crippen MR) is 149 cm³/mol. The first kappa shape index (κ1) is 28.7. The maximum absolute atomic E-state index is 6.13. The molecule has 0 spiro atoms. The van der Waals surface area contributed by atoms with Gasteiger partial charge in [0.15, 0.2) is 0 Å². The second-order valence-corrected chi connectivity index (χ2v) is 11.4. The molecule has 1 aromatic carbocycles. The van der Waals surface area contributed by atoms with E-state index in [1.54, 1.807) is 0 Å². The van der Waals surface area contributed by atoms with E-state index in [2.05, 4.69) is 42.6 Å². The third kappa shape index (κ3) is 13.3. The van der Waals surface area contributed by atoms with E-state index in [0.717, 1.165) is 44.2 Å². The molecule has 1 aliphatic heterocycles. The summed E-state index contributed by atoms with van der Waals surface area (Å²) in [5.41, 5.74) is 1.28. The van der Waals surface area contributed by atoms with Crippen LogP contribution in [-0.2, 0) is 16.1 Å². The highest BCUT2D eigenvalue weighted by atomic mass is 16.5. The van der Waals surface area contributed by atoms with Crippen LogP contribution in [0.5, 0.6) is 0 Å². The van der Waals surface area contributed by atoms with Crippen LogP contribution in [0, 0.1) is 11.8 Å². The lowest BCUT2D eigenvalue weighted by molar-refractivity contribution is 0.0252. The molecule has 35 heavy (non-hydrogen) atoms. The summed E-state index contributed by atoms with van der Waals surface area (Å²) in [4.78, 5) is 0. The Labute approximate surface area is 217 Å². The number of unbranched alkanes of at least 4 members (excludes halogenated alkanes) is 13. The van der Waals surface area contributed by atoms with Crippen molar-refractivity contribution in [2.75, 3.05) is 19.8 Å². The van der Waals surface area contributed by atoms with Gasteiger partial charge in [-0.05, 0) is 49.5 Å². The summed E-state index contributed by atoms with van der Waals surface area (Å²) in [6.07, 6.45) is 23.8. The van der Waals surface area contributed by atoms with E-state index < -0.39 is 0 Å². The third-order valence-electron chi connectivity index (χ3n) is 8.24. The van der Waals surface area contributed by atoms with E-state index in [-0.39, 0.29) is 0 Å². The molecule has 0 aromatic heterocycles. The minimum absolute atomic E-state index is 0.472. The van der Waals surface area contributed by atoms with Crippen molar-refractivity contribution in [2.45, 2.75) is 135 Å². The number of hydrogen-bond donors (Lipinski definition) is 1. The average Bonchev–Trinajstić information content (AvgIpc) is 3.62. The summed E-state index contributed by atoms with van der Waals surface area (Å²) in [6.45, 7) is 6.10. The Hall–Kier alpha value is -0.900. The molecule has 0 amide bonds. The highest BCUT2D eigenvalue weighted by molar-refractivity contribution is 5.13. The van der Waals surface area contributed by atoms with Gasteiger partial charge < -0.3 is 14.8 Å². The molecule has 0 radical (unpaired) electrons. The molecule has 2 aliphatic rings. The average molecular weight is 486 g/mol. The topological polar surface area (TPSA) is 30.5 Å². The SMILES string of the molecule is CC1C[C@@H]1C1CCC(OCCCCCCCCCCCCCCCCOCc2ccccc2)CN1. The molecular weight excluding hydrogens is 430 g/mol. The Morgan fingerprint density at radius 2 is 1.26 bits per heavy atom. The molecule has 3 rings (SSSR count). The van der Waals surface area contributed by atoms with Crippen LogP contribution in [0.2, 0.25) is 0 Å². The first-order valence-electron chi connectivity index (χ1n) is 15.3. The van der Waals surface area contributed by atoms with Gasteiger partial charge in [0, 0.05) is 25.8 Å². The molecule has 200 valence electrons. The standard InChI is InChI=1S/C32H55NO2/c1-28-25-31(28)32-22-21-30(26-33-32)35-24-18-13-11-9-7-5-3-2-4-6-8-10-12-17-23-34-27-29-19-15-14-16-20-29/h14-16,19-20,28,30-33H,2-13,17-18,21-27H2,1H3/t28?,30?,31-,32?/m0/s1. The van der Waals surface area contributed by atoms with E-state index >= 15 is 0 Å². The Bertz CT molecular complexity index is 613. The van der Waals surface area contributed by atoms with E-state index in [1.807, 2.05) is 0 Å². The molecular formula is C32H55NO2. The van der Waals surface area contributed by atoms with Crippen LogP contribution in [0.25, 0.3) is 0 Å². The Morgan fingerprint density at radius 1 is 0.714 bits per heavy atom. The number of rotatable bonds is 21. The summed E-state index contributed by atoms with van der Waals surface area (Å²) >= 11 is 0. The molecule has 1 N–H and O–H groups in total. The van der Waals surface area contributed by atoms with Gasteiger partial charge in [-0.2, -0.15) is 0 Å². The van der Waals surface area contributed by atoms with Gasteiger partial charge in [-0.25, -0.2) is 0 Å². The fraction of sp³-hybridized carbons (Fsp3) is 0.812. The molecule has 0 bridgehead atoms.